The van der Waals surface area contributed by atoms with E-state index in [2.05, 4.69) is 28.6 Å². The van der Waals surface area contributed by atoms with Crippen LogP contribution in [0.3, 0.4) is 0 Å². The molecule has 3 saturated heterocycles. The Labute approximate surface area is 175 Å². The Morgan fingerprint density at radius 2 is 1.93 bits per heavy atom. The van der Waals surface area contributed by atoms with Crippen molar-refractivity contribution in [3.63, 3.8) is 0 Å². The van der Waals surface area contributed by atoms with Crippen molar-refractivity contribution in [1.29, 1.82) is 0 Å². The molecule has 4 rings (SSSR count). The lowest BCUT2D eigenvalue weighted by Crippen LogP contribution is -2.57. The quantitative estimate of drug-likeness (QED) is 0.768. The van der Waals surface area contributed by atoms with Gasteiger partial charge >= 0.3 is 0 Å². The summed E-state index contributed by atoms with van der Waals surface area (Å²) in [7, 11) is 1.90. The summed E-state index contributed by atoms with van der Waals surface area (Å²) in [5.74, 6) is 0.793. The van der Waals surface area contributed by atoms with E-state index in [4.69, 9.17) is 4.74 Å². The first-order valence-corrected chi connectivity index (χ1v) is 11.3. The van der Waals surface area contributed by atoms with E-state index in [1.54, 1.807) is 12.5 Å². The van der Waals surface area contributed by atoms with Gasteiger partial charge in [0.1, 0.15) is 5.69 Å². The van der Waals surface area contributed by atoms with Gasteiger partial charge in [0.05, 0.1) is 11.9 Å². The third-order valence-electron chi connectivity index (χ3n) is 6.90. The monoisotopic (exact) mass is 403 g/mol. The minimum Gasteiger partial charge on any atom is -0.375 e. The van der Waals surface area contributed by atoms with Crippen LogP contribution in [-0.4, -0.2) is 94.2 Å². The SMILES string of the molecule is CC(C)CN1CCN([C@H]2CCOC3(CCN(C(=O)c4cn(C)cn4)CC3)C2)CC1. The number of nitrogens with zero attached hydrogens (tertiary/aromatic N) is 5. The summed E-state index contributed by atoms with van der Waals surface area (Å²) in [5, 5.41) is 0. The number of rotatable bonds is 4. The number of aryl methyl sites for hydroxylation is 1. The van der Waals surface area contributed by atoms with E-state index in [9.17, 15) is 4.79 Å². The van der Waals surface area contributed by atoms with Gasteiger partial charge in [-0.05, 0) is 31.6 Å². The van der Waals surface area contributed by atoms with Gasteiger partial charge in [0.25, 0.3) is 5.91 Å². The fourth-order valence-corrected chi connectivity index (χ4v) is 5.29. The number of ether oxygens (including phenoxy) is 1. The van der Waals surface area contributed by atoms with Crippen LogP contribution in [0.4, 0.5) is 0 Å². The number of piperidine rings is 1. The molecular weight excluding hydrogens is 366 g/mol. The van der Waals surface area contributed by atoms with Crippen LogP contribution in [0.15, 0.2) is 12.5 Å². The third kappa shape index (κ3) is 4.84. The second-order valence-corrected chi connectivity index (χ2v) is 9.63. The van der Waals surface area contributed by atoms with Gasteiger partial charge in [0.15, 0.2) is 0 Å². The van der Waals surface area contributed by atoms with Crippen LogP contribution in [0.5, 0.6) is 0 Å². The molecule has 0 saturated carbocycles. The Bertz CT molecular complexity index is 687. The standard InChI is InChI=1S/C22H37N5O2/c1-18(2)15-25-9-11-26(12-10-25)19-4-13-29-22(14-19)5-7-27(8-6-22)21(28)20-16-24(3)17-23-20/h16-19H,4-15H2,1-3H3/t19-/m0/s1. The van der Waals surface area contributed by atoms with Crippen molar-refractivity contribution in [2.24, 2.45) is 13.0 Å². The number of imidazole rings is 1. The maximum atomic E-state index is 12.7. The molecule has 0 aliphatic carbocycles. The van der Waals surface area contributed by atoms with Crippen LogP contribution < -0.4 is 0 Å². The van der Waals surface area contributed by atoms with Crippen LogP contribution in [0, 0.1) is 5.92 Å². The summed E-state index contributed by atoms with van der Waals surface area (Å²) < 4.78 is 8.17. The number of carbonyl (C=O) groups is 1. The Morgan fingerprint density at radius 3 is 2.55 bits per heavy atom. The lowest BCUT2D eigenvalue weighted by Gasteiger charge is -2.49. The first-order chi connectivity index (χ1) is 13.9. The molecule has 0 unspecified atom stereocenters. The topological polar surface area (TPSA) is 53.8 Å². The highest BCUT2D eigenvalue weighted by Gasteiger charge is 2.43. The second kappa shape index (κ2) is 8.74. The fraction of sp³-hybridized carbons (Fsp3) is 0.818. The number of hydrogen-bond donors (Lipinski definition) is 0. The van der Waals surface area contributed by atoms with Crippen molar-refractivity contribution >= 4 is 5.91 Å². The minimum atomic E-state index is -0.0428. The molecule has 1 aromatic rings. The average molecular weight is 404 g/mol. The number of piperazine rings is 1. The molecule has 0 radical (unpaired) electrons. The molecule has 3 fully saturated rings. The summed E-state index contributed by atoms with van der Waals surface area (Å²) in [6, 6.07) is 0.628. The van der Waals surface area contributed by atoms with Gasteiger partial charge in [-0.1, -0.05) is 13.8 Å². The van der Waals surface area contributed by atoms with Crippen LogP contribution in [0.2, 0.25) is 0 Å². The predicted octanol–water partition coefficient (Wildman–Crippen LogP) is 1.85. The molecule has 1 amide bonds. The van der Waals surface area contributed by atoms with Gasteiger partial charge in [-0.15, -0.1) is 0 Å². The highest BCUT2D eigenvalue weighted by atomic mass is 16.5. The second-order valence-electron chi connectivity index (χ2n) is 9.63. The minimum absolute atomic E-state index is 0.0428. The van der Waals surface area contributed by atoms with Crippen LogP contribution in [0.1, 0.15) is 50.0 Å². The van der Waals surface area contributed by atoms with Crippen molar-refractivity contribution in [2.45, 2.75) is 51.2 Å². The number of likely N-dealkylation sites (tertiary alicyclic amines) is 1. The average Bonchev–Trinajstić information content (AvgIpc) is 3.15. The van der Waals surface area contributed by atoms with Gasteiger partial charge in [0.2, 0.25) is 0 Å². The van der Waals surface area contributed by atoms with Gasteiger partial charge in [-0.2, -0.15) is 0 Å². The fourth-order valence-electron chi connectivity index (χ4n) is 5.29. The molecule has 1 atom stereocenters. The lowest BCUT2D eigenvalue weighted by molar-refractivity contribution is -0.132. The van der Waals surface area contributed by atoms with E-state index in [0.717, 1.165) is 51.3 Å². The van der Waals surface area contributed by atoms with Crippen molar-refractivity contribution in [3.05, 3.63) is 18.2 Å². The molecule has 7 nitrogen and oxygen atoms in total. The first kappa shape index (κ1) is 20.8. The van der Waals surface area contributed by atoms with E-state index in [1.165, 1.54) is 32.7 Å². The summed E-state index contributed by atoms with van der Waals surface area (Å²) in [6.07, 6.45) is 7.63. The largest absolute Gasteiger partial charge is 0.375 e. The Balaban J connectivity index is 1.29. The molecule has 29 heavy (non-hydrogen) atoms. The molecule has 4 heterocycles. The summed E-state index contributed by atoms with van der Waals surface area (Å²) in [5.41, 5.74) is 0.504. The van der Waals surface area contributed by atoms with Crippen molar-refractivity contribution in [2.75, 3.05) is 52.4 Å². The van der Waals surface area contributed by atoms with E-state index < -0.39 is 0 Å². The molecule has 1 aromatic heterocycles. The van der Waals surface area contributed by atoms with Crippen molar-refractivity contribution < 1.29 is 9.53 Å². The van der Waals surface area contributed by atoms with Gasteiger partial charge in [-0.25, -0.2) is 4.98 Å². The lowest BCUT2D eigenvalue weighted by atomic mass is 9.81. The third-order valence-corrected chi connectivity index (χ3v) is 6.90. The Kier molecular flexibility index (Phi) is 6.27. The van der Waals surface area contributed by atoms with Crippen LogP contribution in [-0.2, 0) is 11.8 Å². The first-order valence-electron chi connectivity index (χ1n) is 11.3. The summed E-state index contributed by atoms with van der Waals surface area (Å²) in [6.45, 7) is 12.9. The van der Waals surface area contributed by atoms with E-state index >= 15 is 0 Å². The Morgan fingerprint density at radius 1 is 1.21 bits per heavy atom. The molecule has 7 heteroatoms. The molecule has 3 aliphatic heterocycles. The predicted molar refractivity (Wildman–Crippen MR) is 113 cm³/mol. The molecule has 0 bridgehead atoms. The summed E-state index contributed by atoms with van der Waals surface area (Å²) in [4.78, 5) is 24.2. The van der Waals surface area contributed by atoms with Crippen LogP contribution in [0.25, 0.3) is 0 Å². The molecule has 0 aromatic carbocycles. The highest BCUT2D eigenvalue weighted by Crippen LogP contribution is 2.37. The number of amides is 1. The van der Waals surface area contributed by atoms with Crippen molar-refractivity contribution in [3.8, 4) is 0 Å². The van der Waals surface area contributed by atoms with Gasteiger partial charge in [0, 0.05) is 71.7 Å². The van der Waals surface area contributed by atoms with Gasteiger partial charge in [-0.3, -0.25) is 9.69 Å². The van der Waals surface area contributed by atoms with E-state index in [0.29, 0.717) is 11.7 Å². The smallest absolute Gasteiger partial charge is 0.274 e. The number of aromatic nitrogens is 2. The zero-order valence-corrected chi connectivity index (χ0v) is 18.3. The number of hydrogen-bond acceptors (Lipinski definition) is 5. The normalized spacial score (nSPS) is 26.3. The van der Waals surface area contributed by atoms with E-state index in [1.807, 2.05) is 16.5 Å². The summed E-state index contributed by atoms with van der Waals surface area (Å²) >= 11 is 0. The van der Waals surface area contributed by atoms with E-state index in [-0.39, 0.29) is 11.5 Å². The molecule has 3 aliphatic rings. The maximum absolute atomic E-state index is 12.7. The van der Waals surface area contributed by atoms with Crippen LogP contribution >= 0.6 is 0 Å². The Hall–Kier alpha value is -1.44. The molecule has 1 spiro atoms. The number of carbonyl (C=O) groups excluding carboxylic acids is 1. The zero-order valence-electron chi connectivity index (χ0n) is 18.3. The molecule has 0 N–H and O–H groups in total. The maximum Gasteiger partial charge on any atom is 0.274 e. The van der Waals surface area contributed by atoms with Crippen molar-refractivity contribution in [1.82, 2.24) is 24.3 Å². The van der Waals surface area contributed by atoms with Gasteiger partial charge < -0.3 is 19.1 Å². The highest BCUT2D eigenvalue weighted by molar-refractivity contribution is 5.92. The molecule has 162 valence electrons. The zero-order chi connectivity index (χ0) is 20.4. The molecular formula is C22H37N5O2.